The van der Waals surface area contributed by atoms with Crippen LogP contribution >= 0.6 is 0 Å². The van der Waals surface area contributed by atoms with Crippen molar-refractivity contribution in [1.82, 2.24) is 24.9 Å². The highest BCUT2D eigenvalue weighted by Gasteiger charge is 2.16. The number of hydrogen-bond acceptors (Lipinski definition) is 6. The Hall–Kier alpha value is -3.11. The minimum atomic E-state index is -3.61. The van der Waals surface area contributed by atoms with Crippen molar-refractivity contribution in [3.63, 3.8) is 0 Å². The van der Waals surface area contributed by atoms with E-state index in [-0.39, 0.29) is 11.4 Å². The molecule has 1 heterocycles. The highest BCUT2D eigenvalue weighted by Crippen LogP contribution is 2.20. The van der Waals surface area contributed by atoms with Crippen LogP contribution in [0.3, 0.4) is 0 Å². The van der Waals surface area contributed by atoms with Gasteiger partial charge in [0.2, 0.25) is 21.8 Å². The Morgan fingerprint density at radius 1 is 1.15 bits per heavy atom. The first-order valence-corrected chi connectivity index (χ1v) is 9.54. The summed E-state index contributed by atoms with van der Waals surface area (Å²) in [5.74, 6) is 0.0183. The van der Waals surface area contributed by atoms with Gasteiger partial charge in [0, 0.05) is 11.3 Å². The van der Waals surface area contributed by atoms with Crippen molar-refractivity contribution < 1.29 is 13.2 Å². The second-order valence-electron chi connectivity index (χ2n) is 5.75. The molecule has 1 amide bonds. The van der Waals surface area contributed by atoms with Gasteiger partial charge in [0.1, 0.15) is 6.54 Å². The quantitative estimate of drug-likeness (QED) is 0.657. The summed E-state index contributed by atoms with van der Waals surface area (Å²) in [6.45, 7) is 1.53. The number of rotatable bonds is 6. The lowest BCUT2D eigenvalue weighted by atomic mass is 10.2. The molecule has 0 saturated carbocycles. The Morgan fingerprint density at radius 3 is 2.59 bits per heavy atom. The fourth-order valence-corrected chi connectivity index (χ4v) is 3.41. The first-order chi connectivity index (χ1) is 12.9. The summed E-state index contributed by atoms with van der Waals surface area (Å²) < 4.78 is 26.3. The zero-order valence-corrected chi connectivity index (χ0v) is 15.6. The molecule has 3 aromatic rings. The third-order valence-electron chi connectivity index (χ3n) is 3.80. The largest absolute Gasteiger partial charge is 0.324 e. The number of carbonyl (C=O) groups is 1. The van der Waals surface area contributed by atoms with E-state index in [4.69, 9.17) is 0 Å². The van der Waals surface area contributed by atoms with Gasteiger partial charge in [0.25, 0.3) is 0 Å². The maximum absolute atomic E-state index is 12.2. The molecule has 2 aromatic carbocycles. The Bertz CT molecular complexity index is 1060. The monoisotopic (exact) mass is 386 g/mol. The van der Waals surface area contributed by atoms with Crippen molar-refractivity contribution in [2.24, 2.45) is 0 Å². The first kappa shape index (κ1) is 18.7. The number of aryl methyl sites for hydroxylation is 1. The number of amides is 1. The van der Waals surface area contributed by atoms with Crippen molar-refractivity contribution in [3.05, 3.63) is 54.1 Å². The van der Waals surface area contributed by atoms with Gasteiger partial charge in [0.05, 0.1) is 4.90 Å². The van der Waals surface area contributed by atoms with E-state index >= 15 is 0 Å². The number of sulfonamides is 1. The first-order valence-electron chi connectivity index (χ1n) is 8.06. The number of benzene rings is 2. The topological polar surface area (TPSA) is 119 Å². The molecule has 9 nitrogen and oxygen atoms in total. The molecular formula is C17H18N6O3S. The third kappa shape index (κ3) is 4.36. The Balaban J connectivity index is 1.72. The van der Waals surface area contributed by atoms with E-state index in [2.05, 4.69) is 25.4 Å². The van der Waals surface area contributed by atoms with Crippen LogP contribution in [0, 0.1) is 6.92 Å². The van der Waals surface area contributed by atoms with Gasteiger partial charge in [-0.15, -0.1) is 10.2 Å². The lowest BCUT2D eigenvalue weighted by molar-refractivity contribution is -0.117. The maximum atomic E-state index is 12.2. The number of hydrogen-bond donors (Lipinski definition) is 2. The van der Waals surface area contributed by atoms with Gasteiger partial charge in [-0.2, -0.15) is 4.80 Å². The normalized spacial score (nSPS) is 11.3. The molecule has 0 aliphatic carbocycles. The van der Waals surface area contributed by atoms with E-state index in [1.165, 1.54) is 17.9 Å². The minimum absolute atomic E-state index is 0.105. The van der Waals surface area contributed by atoms with Crippen LogP contribution in [0.5, 0.6) is 0 Å². The second-order valence-corrected chi connectivity index (χ2v) is 7.60. The summed E-state index contributed by atoms with van der Waals surface area (Å²) in [6.07, 6.45) is 0. The molecular weight excluding hydrogens is 368 g/mol. The molecule has 140 valence electrons. The minimum Gasteiger partial charge on any atom is -0.324 e. The zero-order chi connectivity index (χ0) is 19.4. The smallest absolute Gasteiger partial charge is 0.248 e. The van der Waals surface area contributed by atoms with Crippen LogP contribution in [0.4, 0.5) is 5.69 Å². The summed E-state index contributed by atoms with van der Waals surface area (Å²) in [7, 11) is -2.28. The average Bonchev–Trinajstić information content (AvgIpc) is 3.12. The lowest BCUT2D eigenvalue weighted by Crippen LogP contribution is -2.22. The SMILES string of the molecule is CNS(=O)(=O)c1cc(NC(=O)Cn2nnc(-c3ccccc3)n2)ccc1C. The molecule has 0 aliphatic rings. The van der Waals surface area contributed by atoms with Crippen molar-refractivity contribution in [3.8, 4) is 11.4 Å². The van der Waals surface area contributed by atoms with Crippen LogP contribution in [0.2, 0.25) is 0 Å². The predicted molar refractivity (Wildman–Crippen MR) is 99.3 cm³/mol. The third-order valence-corrected chi connectivity index (χ3v) is 5.36. The van der Waals surface area contributed by atoms with Crippen LogP contribution in [0.1, 0.15) is 5.56 Å². The van der Waals surface area contributed by atoms with Crippen LogP contribution in [0.15, 0.2) is 53.4 Å². The average molecular weight is 386 g/mol. The van der Waals surface area contributed by atoms with Crippen LogP contribution in [0.25, 0.3) is 11.4 Å². The van der Waals surface area contributed by atoms with Gasteiger partial charge >= 0.3 is 0 Å². The molecule has 0 saturated heterocycles. The van der Waals surface area contributed by atoms with E-state index in [0.29, 0.717) is 17.1 Å². The van der Waals surface area contributed by atoms with Crippen LogP contribution in [-0.2, 0) is 21.4 Å². The van der Waals surface area contributed by atoms with Crippen molar-refractivity contribution in [2.75, 3.05) is 12.4 Å². The molecule has 2 N–H and O–H groups in total. The molecule has 0 bridgehead atoms. The summed E-state index contributed by atoms with van der Waals surface area (Å²) >= 11 is 0. The number of nitrogens with one attached hydrogen (secondary N) is 2. The van der Waals surface area contributed by atoms with Gasteiger partial charge in [-0.05, 0) is 36.9 Å². The zero-order valence-electron chi connectivity index (χ0n) is 14.7. The van der Waals surface area contributed by atoms with Crippen molar-refractivity contribution in [1.29, 1.82) is 0 Å². The standard InChI is InChI=1S/C17H18N6O3S/c1-12-8-9-14(10-15(12)27(25,26)18-2)19-16(24)11-23-21-17(20-22-23)13-6-4-3-5-7-13/h3-10,18H,11H2,1-2H3,(H,19,24). The van der Waals surface area contributed by atoms with Gasteiger partial charge in [-0.1, -0.05) is 36.4 Å². The van der Waals surface area contributed by atoms with Gasteiger partial charge in [0.15, 0.2) is 0 Å². The summed E-state index contributed by atoms with van der Waals surface area (Å²) in [6, 6.07) is 13.9. The van der Waals surface area contributed by atoms with E-state index < -0.39 is 15.9 Å². The molecule has 0 aliphatic heterocycles. The van der Waals surface area contributed by atoms with Gasteiger partial charge in [-0.25, -0.2) is 13.1 Å². The highest BCUT2D eigenvalue weighted by atomic mass is 32.2. The molecule has 0 unspecified atom stereocenters. The van der Waals surface area contributed by atoms with Gasteiger partial charge in [-0.3, -0.25) is 4.79 Å². The number of anilines is 1. The summed E-state index contributed by atoms with van der Waals surface area (Å²) in [4.78, 5) is 13.5. The number of tetrazole rings is 1. The van der Waals surface area contributed by atoms with Gasteiger partial charge < -0.3 is 5.32 Å². The van der Waals surface area contributed by atoms with E-state index in [1.54, 1.807) is 19.1 Å². The molecule has 3 rings (SSSR count). The van der Waals surface area contributed by atoms with Crippen LogP contribution < -0.4 is 10.0 Å². The lowest BCUT2D eigenvalue weighted by Gasteiger charge is -2.10. The Labute approximate surface area is 156 Å². The molecule has 10 heteroatoms. The summed E-state index contributed by atoms with van der Waals surface area (Å²) in [5, 5.41) is 14.6. The molecule has 27 heavy (non-hydrogen) atoms. The van der Waals surface area contributed by atoms with Crippen molar-refractivity contribution in [2.45, 2.75) is 18.4 Å². The van der Waals surface area contributed by atoms with E-state index in [9.17, 15) is 13.2 Å². The molecule has 0 radical (unpaired) electrons. The predicted octanol–water partition coefficient (Wildman–Crippen LogP) is 1.20. The fourth-order valence-electron chi connectivity index (χ4n) is 2.42. The number of nitrogens with zero attached hydrogens (tertiary/aromatic N) is 4. The Morgan fingerprint density at radius 2 is 1.89 bits per heavy atom. The fraction of sp³-hybridized carbons (Fsp3) is 0.176. The second kappa shape index (κ2) is 7.64. The van der Waals surface area contributed by atoms with Crippen LogP contribution in [-0.4, -0.2) is 41.6 Å². The summed E-state index contributed by atoms with van der Waals surface area (Å²) in [5.41, 5.74) is 1.74. The Kier molecular flexibility index (Phi) is 5.28. The maximum Gasteiger partial charge on any atom is 0.248 e. The van der Waals surface area contributed by atoms with Crippen molar-refractivity contribution >= 4 is 21.6 Å². The molecule has 1 aromatic heterocycles. The van der Waals surface area contributed by atoms with E-state index in [0.717, 1.165) is 5.56 Å². The molecule has 0 atom stereocenters. The molecule has 0 fully saturated rings. The number of carbonyl (C=O) groups excluding carboxylic acids is 1. The number of aromatic nitrogens is 4. The molecule has 0 spiro atoms. The van der Waals surface area contributed by atoms with E-state index in [1.807, 2.05) is 30.3 Å². The highest BCUT2D eigenvalue weighted by molar-refractivity contribution is 7.89.